The van der Waals surface area contributed by atoms with Gasteiger partial charge in [0.2, 0.25) is 0 Å². The Morgan fingerprint density at radius 1 is 0.500 bits per heavy atom. The molecule has 0 saturated heterocycles. The summed E-state index contributed by atoms with van der Waals surface area (Å²) in [4.78, 5) is 2.52. The number of rotatable bonds is 4. The van der Waals surface area contributed by atoms with Gasteiger partial charge in [0.25, 0.3) is 0 Å². The molecule has 0 N–H and O–H groups in total. The lowest BCUT2D eigenvalue weighted by Crippen LogP contribution is -2.24. The number of nitrogens with zero attached hydrogens (tertiary/aromatic N) is 1. The second kappa shape index (κ2) is 9.13. The fourth-order valence-corrected chi connectivity index (χ4v) is 9.76. The first-order valence-electron chi connectivity index (χ1n) is 13.4. The lowest BCUT2D eigenvalue weighted by Gasteiger charge is -2.21. The Kier molecular flexibility index (Phi) is 5.38. The molecule has 0 fully saturated rings. The summed E-state index contributed by atoms with van der Waals surface area (Å²) in [5, 5.41) is 5.13. The van der Waals surface area contributed by atoms with E-state index in [1.54, 1.807) is 0 Å². The largest absolute Gasteiger partial charge is 0.309 e. The second-order valence-electron chi connectivity index (χ2n) is 10.1. The number of aromatic nitrogens is 1. The van der Waals surface area contributed by atoms with Gasteiger partial charge in [-0.05, 0) is 35.4 Å². The predicted molar refractivity (Wildman–Crippen MR) is 170 cm³/mol. The van der Waals surface area contributed by atoms with Gasteiger partial charge in [0.1, 0.15) is 0 Å². The van der Waals surface area contributed by atoms with E-state index in [1.165, 1.54) is 37.3 Å². The van der Waals surface area contributed by atoms with Gasteiger partial charge in [-0.3, -0.25) is 0 Å². The van der Waals surface area contributed by atoms with Crippen molar-refractivity contribution in [3.63, 3.8) is 0 Å². The highest BCUT2D eigenvalue weighted by Gasteiger charge is 2.29. The lowest BCUT2D eigenvalue weighted by molar-refractivity contribution is 0.592. The zero-order chi connectivity index (χ0) is 26.7. The summed E-state index contributed by atoms with van der Waals surface area (Å²) in [5.74, 6) is 0. The van der Waals surface area contributed by atoms with Crippen LogP contribution in [-0.2, 0) is 4.57 Å². The van der Waals surface area contributed by atoms with Crippen molar-refractivity contribution in [2.75, 3.05) is 0 Å². The fraction of sp³-hybridized carbons (Fsp3) is 0. The van der Waals surface area contributed by atoms with Gasteiger partial charge in [-0.2, -0.15) is 0 Å². The minimum atomic E-state index is -2.99. The molecule has 0 saturated carbocycles. The molecule has 190 valence electrons. The quantitative estimate of drug-likeness (QED) is 0.205. The van der Waals surface area contributed by atoms with Gasteiger partial charge in [0.05, 0.1) is 16.7 Å². The molecule has 0 amide bonds. The van der Waals surface area contributed by atoms with Crippen LogP contribution in [0.2, 0.25) is 0 Å². The van der Waals surface area contributed by atoms with Crippen LogP contribution in [0.1, 0.15) is 0 Å². The van der Waals surface area contributed by atoms with E-state index in [1.807, 2.05) is 84.6 Å². The highest BCUT2D eigenvalue weighted by atomic mass is 32.2. The van der Waals surface area contributed by atoms with Crippen molar-refractivity contribution in [1.82, 2.24) is 4.57 Å². The minimum Gasteiger partial charge on any atom is -0.309 e. The third kappa shape index (κ3) is 3.48. The van der Waals surface area contributed by atoms with Crippen LogP contribution in [0.15, 0.2) is 155 Å². The Labute approximate surface area is 237 Å². The molecule has 1 aliphatic rings. The van der Waals surface area contributed by atoms with Crippen LogP contribution in [0.3, 0.4) is 0 Å². The number of hydrogen-bond acceptors (Lipinski definition) is 2. The molecule has 0 unspecified atom stereocenters. The number of benzene rings is 6. The molecule has 1 aromatic heterocycles. The molecule has 2 heterocycles. The minimum absolute atomic E-state index is 0.844. The van der Waals surface area contributed by atoms with Crippen LogP contribution >= 0.6 is 18.9 Å². The molecule has 4 heteroatoms. The standard InChI is InChI=1S/C36H24NOPS/c38-39(27-10-3-1-4-11-27,28-12-5-2-6-13-28)29-21-18-25(19-22-29)26-20-23-33-35(24-26)40-34-17-9-15-31-30-14-7-8-16-32(30)37(33)36(31)34/h1-24H. The van der Waals surface area contributed by atoms with Gasteiger partial charge < -0.3 is 9.13 Å². The number of hydrogen-bond donors (Lipinski definition) is 0. The normalized spacial score (nSPS) is 12.5. The molecular weight excluding hydrogens is 525 g/mol. The maximum atomic E-state index is 14.7. The van der Waals surface area contributed by atoms with E-state index < -0.39 is 7.14 Å². The molecule has 0 spiro atoms. The van der Waals surface area contributed by atoms with Gasteiger partial charge in [-0.1, -0.05) is 133 Å². The predicted octanol–water partition coefficient (Wildman–Crippen LogP) is 8.55. The highest BCUT2D eigenvalue weighted by molar-refractivity contribution is 7.99. The first-order valence-corrected chi connectivity index (χ1v) is 15.9. The molecular formula is C36H24NOPS. The van der Waals surface area contributed by atoms with Crippen molar-refractivity contribution in [3.05, 3.63) is 146 Å². The van der Waals surface area contributed by atoms with E-state index in [0.29, 0.717) is 0 Å². The highest BCUT2D eigenvalue weighted by Crippen LogP contribution is 2.48. The van der Waals surface area contributed by atoms with Crippen molar-refractivity contribution >= 4 is 56.6 Å². The van der Waals surface area contributed by atoms with E-state index in [-0.39, 0.29) is 0 Å². The van der Waals surface area contributed by atoms with Crippen LogP contribution in [0.25, 0.3) is 38.6 Å². The summed E-state index contributed by atoms with van der Waals surface area (Å²) in [6.45, 7) is 0. The first-order chi connectivity index (χ1) is 19.7. The van der Waals surface area contributed by atoms with Crippen molar-refractivity contribution in [2.24, 2.45) is 0 Å². The van der Waals surface area contributed by atoms with Crippen LogP contribution in [0, 0.1) is 0 Å². The molecule has 0 aliphatic carbocycles. The molecule has 2 nitrogen and oxygen atoms in total. The van der Waals surface area contributed by atoms with Crippen molar-refractivity contribution in [1.29, 1.82) is 0 Å². The van der Waals surface area contributed by atoms with E-state index in [9.17, 15) is 4.57 Å². The van der Waals surface area contributed by atoms with Gasteiger partial charge in [0, 0.05) is 36.5 Å². The number of fused-ring (bicyclic) bond motifs is 5. The molecule has 0 radical (unpaired) electrons. The van der Waals surface area contributed by atoms with Crippen LogP contribution in [-0.4, -0.2) is 4.57 Å². The lowest BCUT2D eigenvalue weighted by atomic mass is 10.1. The average Bonchev–Trinajstić information content (AvgIpc) is 3.37. The van der Waals surface area contributed by atoms with E-state index >= 15 is 0 Å². The third-order valence-corrected chi connectivity index (χ3v) is 12.1. The zero-order valence-corrected chi connectivity index (χ0v) is 23.3. The molecule has 40 heavy (non-hydrogen) atoms. The van der Waals surface area contributed by atoms with Crippen molar-refractivity contribution in [3.8, 4) is 16.8 Å². The topological polar surface area (TPSA) is 22.0 Å². The van der Waals surface area contributed by atoms with Gasteiger partial charge >= 0.3 is 0 Å². The van der Waals surface area contributed by atoms with Crippen molar-refractivity contribution in [2.45, 2.75) is 9.79 Å². The SMILES string of the molecule is O=P(c1ccccc1)(c1ccccc1)c1ccc(-c2ccc3c(c2)Sc2cccc4c5ccccc5n-3c24)cc1. The maximum Gasteiger partial charge on any atom is 0.171 e. The number of para-hydroxylation sites is 2. The van der Waals surface area contributed by atoms with Gasteiger partial charge in [-0.25, -0.2) is 0 Å². The Morgan fingerprint density at radius 3 is 1.82 bits per heavy atom. The van der Waals surface area contributed by atoms with Crippen molar-refractivity contribution < 1.29 is 4.57 Å². The first kappa shape index (κ1) is 23.6. The fourth-order valence-electron chi connectivity index (χ4n) is 5.99. The van der Waals surface area contributed by atoms with Crippen LogP contribution in [0.4, 0.5) is 0 Å². The molecule has 8 rings (SSSR count). The van der Waals surface area contributed by atoms with Crippen LogP contribution in [0.5, 0.6) is 0 Å². The Morgan fingerprint density at radius 2 is 1.10 bits per heavy atom. The zero-order valence-electron chi connectivity index (χ0n) is 21.6. The molecule has 7 aromatic rings. The Bertz CT molecular complexity index is 2050. The van der Waals surface area contributed by atoms with Gasteiger partial charge in [-0.15, -0.1) is 0 Å². The summed E-state index contributed by atoms with van der Waals surface area (Å²) >= 11 is 1.84. The maximum absolute atomic E-state index is 14.7. The summed E-state index contributed by atoms with van der Waals surface area (Å²) < 4.78 is 17.2. The molecule has 6 aromatic carbocycles. The summed E-state index contributed by atoms with van der Waals surface area (Å²) in [6.07, 6.45) is 0. The molecule has 0 bridgehead atoms. The average molecular weight is 550 g/mol. The van der Waals surface area contributed by atoms with Gasteiger partial charge in [0.15, 0.2) is 7.14 Å². The second-order valence-corrected chi connectivity index (χ2v) is 14.0. The molecule has 1 aliphatic heterocycles. The Balaban J connectivity index is 1.23. The van der Waals surface area contributed by atoms with E-state index in [0.717, 1.165) is 27.0 Å². The monoisotopic (exact) mass is 549 g/mol. The summed E-state index contributed by atoms with van der Waals surface area (Å²) in [7, 11) is -2.99. The van der Waals surface area contributed by atoms with Crippen LogP contribution < -0.4 is 15.9 Å². The smallest absolute Gasteiger partial charge is 0.171 e. The molecule has 0 atom stereocenters. The Hall–Kier alpha value is -4.30. The third-order valence-electron chi connectivity index (χ3n) is 7.88. The van der Waals surface area contributed by atoms with E-state index in [2.05, 4.69) is 77.4 Å². The van der Waals surface area contributed by atoms with E-state index in [4.69, 9.17) is 0 Å². The summed E-state index contributed by atoms with van der Waals surface area (Å²) in [6, 6.07) is 50.0. The summed E-state index contributed by atoms with van der Waals surface area (Å²) in [5.41, 5.74) is 6.00.